The van der Waals surface area contributed by atoms with Crippen LogP contribution in [-0.2, 0) is 0 Å². The van der Waals surface area contributed by atoms with E-state index in [0.29, 0.717) is 17.5 Å². The first kappa shape index (κ1) is 46.4. The number of nitrogens with zero attached hydrogens (tertiary/aromatic N) is 5. The second-order valence-electron chi connectivity index (χ2n) is 21.0. The number of fused-ring (bicyclic) bond motifs is 10. The van der Waals surface area contributed by atoms with E-state index < -0.39 is 0 Å². The Kier molecular flexibility index (Phi) is 10.9. The van der Waals surface area contributed by atoms with Crippen molar-refractivity contribution in [2.75, 3.05) is 0 Å². The van der Waals surface area contributed by atoms with E-state index in [9.17, 15) is 0 Å². The van der Waals surface area contributed by atoms with Crippen LogP contribution in [0.5, 0.6) is 0 Å². The fourth-order valence-corrected chi connectivity index (χ4v) is 12.5. The van der Waals surface area contributed by atoms with Gasteiger partial charge < -0.3 is 13.6 Å². The maximum atomic E-state index is 7.29. The molecule has 0 radical (unpaired) electrons. The lowest BCUT2D eigenvalue weighted by molar-refractivity contribution is 0.673. The summed E-state index contributed by atoms with van der Waals surface area (Å²) < 4.78 is 12.2. The van der Waals surface area contributed by atoms with Crippen LogP contribution in [0, 0.1) is 0 Å². The normalized spacial score (nSPS) is 13.5. The van der Waals surface area contributed by atoms with Gasteiger partial charge in [0, 0.05) is 66.9 Å². The average molecular weight is 1040 g/mol. The molecule has 0 fully saturated rings. The van der Waals surface area contributed by atoms with E-state index in [-0.39, 0.29) is 5.92 Å². The van der Waals surface area contributed by atoms with E-state index in [4.69, 9.17) is 19.4 Å². The summed E-state index contributed by atoms with van der Waals surface area (Å²) in [7, 11) is 0. The molecule has 0 bridgehead atoms. The van der Waals surface area contributed by atoms with E-state index in [0.717, 1.165) is 112 Å². The molecule has 380 valence electrons. The van der Waals surface area contributed by atoms with Gasteiger partial charge in [0.05, 0.1) is 33.1 Å². The number of rotatable bonds is 9. The Morgan fingerprint density at radius 2 is 0.914 bits per heavy atom. The van der Waals surface area contributed by atoms with Gasteiger partial charge in [0.25, 0.3) is 0 Å². The third-order valence-corrected chi connectivity index (χ3v) is 16.3. The van der Waals surface area contributed by atoms with Gasteiger partial charge in [-0.2, -0.15) is 0 Å². The van der Waals surface area contributed by atoms with Crippen molar-refractivity contribution in [2.24, 2.45) is 0 Å². The highest BCUT2D eigenvalue weighted by atomic mass is 16.3. The largest absolute Gasteiger partial charge is 0.455 e. The summed E-state index contributed by atoms with van der Waals surface area (Å²) in [5.41, 5.74) is 19.1. The van der Waals surface area contributed by atoms with Crippen LogP contribution in [0.15, 0.2) is 283 Å². The molecule has 1 unspecified atom stereocenters. The first-order valence-electron chi connectivity index (χ1n) is 27.7. The van der Waals surface area contributed by atoms with E-state index in [1.54, 1.807) is 0 Å². The molecule has 0 saturated carbocycles. The molecule has 1 atom stereocenters. The summed E-state index contributed by atoms with van der Waals surface area (Å²) in [6, 6.07) is 92.8. The Morgan fingerprint density at radius 3 is 1.56 bits per heavy atom. The van der Waals surface area contributed by atoms with Gasteiger partial charge in [0.2, 0.25) is 0 Å². The maximum Gasteiger partial charge on any atom is 0.164 e. The zero-order valence-electron chi connectivity index (χ0n) is 44.0. The van der Waals surface area contributed by atoms with Gasteiger partial charge in [0.1, 0.15) is 11.2 Å². The van der Waals surface area contributed by atoms with Crippen LogP contribution >= 0.6 is 0 Å². The molecule has 81 heavy (non-hydrogen) atoms. The van der Waals surface area contributed by atoms with Crippen molar-refractivity contribution in [2.45, 2.75) is 12.3 Å². The zero-order valence-corrected chi connectivity index (χ0v) is 44.0. The molecule has 0 N–H and O–H groups in total. The third-order valence-electron chi connectivity index (χ3n) is 16.3. The van der Waals surface area contributed by atoms with Crippen LogP contribution < -0.4 is 0 Å². The zero-order chi connectivity index (χ0) is 53.4. The predicted molar refractivity (Wildman–Crippen MR) is 334 cm³/mol. The van der Waals surface area contributed by atoms with Gasteiger partial charge in [-0.15, -0.1) is 0 Å². The Balaban J connectivity index is 0.981. The molecule has 0 spiro atoms. The summed E-state index contributed by atoms with van der Waals surface area (Å²) in [6.07, 6.45) is 7.88. The standard InChI is InChI=1S/C75H49N5O/c1-6-20-48(21-7-1)50-34-38-52(39-35-50)61-44-56(75-77-73(54-24-10-3-11-25-54)76-74(78-75)55-26-12-4-13-27-55)45-62(53-40-36-51(37-41-53)49-22-8-2-9-23-49)71(61)80-66-33-19-17-31-60(66)70-67(80)43-42-59-64-46-63-58-30-16-18-32-65(58)79(57-28-14-5-15-29-57)68(63)47-69(64)81-72(59)70/h1-40,42-47,53H,41H2. The molecule has 11 aromatic carbocycles. The quantitative estimate of drug-likeness (QED) is 0.145. The number of allylic oxidation sites excluding steroid dienone is 4. The molecular weight excluding hydrogens is 987 g/mol. The van der Waals surface area contributed by atoms with Gasteiger partial charge in [-0.3, -0.25) is 0 Å². The lowest BCUT2D eigenvalue weighted by Crippen LogP contribution is -2.09. The molecule has 1 aliphatic rings. The van der Waals surface area contributed by atoms with Gasteiger partial charge in [0.15, 0.2) is 17.5 Å². The van der Waals surface area contributed by atoms with E-state index >= 15 is 0 Å². The Bertz CT molecular complexity index is 4920. The molecule has 6 nitrogen and oxygen atoms in total. The van der Waals surface area contributed by atoms with E-state index in [2.05, 4.69) is 252 Å². The fourth-order valence-electron chi connectivity index (χ4n) is 12.5. The van der Waals surface area contributed by atoms with Gasteiger partial charge in [-0.1, -0.05) is 218 Å². The maximum absolute atomic E-state index is 7.29. The number of furan rings is 1. The van der Waals surface area contributed by atoms with Crippen LogP contribution in [-0.4, -0.2) is 24.1 Å². The molecule has 6 heteroatoms. The van der Waals surface area contributed by atoms with Crippen LogP contribution in [0.1, 0.15) is 23.5 Å². The van der Waals surface area contributed by atoms with Gasteiger partial charge >= 0.3 is 0 Å². The minimum Gasteiger partial charge on any atom is -0.455 e. The van der Waals surface area contributed by atoms with Crippen LogP contribution in [0.3, 0.4) is 0 Å². The van der Waals surface area contributed by atoms with Crippen LogP contribution in [0.4, 0.5) is 0 Å². The topological polar surface area (TPSA) is 61.7 Å². The molecular formula is C75H49N5O. The number of para-hydroxylation sites is 3. The Hall–Kier alpha value is -10.7. The molecule has 1 aliphatic carbocycles. The summed E-state index contributed by atoms with van der Waals surface area (Å²) in [5, 5.41) is 6.75. The summed E-state index contributed by atoms with van der Waals surface area (Å²) in [5.74, 6) is 1.81. The van der Waals surface area contributed by atoms with Crippen LogP contribution in [0.25, 0.3) is 139 Å². The molecule has 0 amide bonds. The molecule has 16 rings (SSSR count). The first-order valence-corrected chi connectivity index (χ1v) is 27.7. The highest BCUT2D eigenvalue weighted by Crippen LogP contribution is 2.48. The molecule has 15 aromatic rings. The van der Waals surface area contributed by atoms with Crippen molar-refractivity contribution in [1.29, 1.82) is 0 Å². The minimum absolute atomic E-state index is 0.0252. The van der Waals surface area contributed by atoms with Gasteiger partial charge in [-0.05, 0) is 94.4 Å². The van der Waals surface area contributed by atoms with Crippen molar-refractivity contribution in [1.82, 2.24) is 24.1 Å². The van der Waals surface area contributed by atoms with Crippen LogP contribution in [0.2, 0.25) is 0 Å². The summed E-state index contributed by atoms with van der Waals surface area (Å²) in [4.78, 5) is 15.8. The molecule has 0 saturated heterocycles. The van der Waals surface area contributed by atoms with Crippen molar-refractivity contribution in [3.8, 4) is 67.8 Å². The van der Waals surface area contributed by atoms with E-state index in [1.807, 2.05) is 36.4 Å². The monoisotopic (exact) mass is 1040 g/mol. The highest BCUT2D eigenvalue weighted by Gasteiger charge is 2.28. The molecule has 4 heterocycles. The summed E-state index contributed by atoms with van der Waals surface area (Å²) in [6.45, 7) is 0. The lowest BCUT2D eigenvalue weighted by Gasteiger charge is -2.25. The number of aromatic nitrogens is 5. The average Bonchev–Trinajstić information content (AvgIpc) is 3.88. The smallest absolute Gasteiger partial charge is 0.164 e. The number of hydrogen-bond acceptors (Lipinski definition) is 4. The second-order valence-corrected chi connectivity index (χ2v) is 21.0. The SMILES string of the molecule is C1=CC(c2cc(-c3nc(-c4ccccc4)nc(-c4ccccc4)n3)cc(-c3ccc(-c4ccccc4)cc3)c2-n2c3ccccc3c3c4oc5cc6c(cc5c4ccc32)c2ccccc2n6-c2ccccc2)CC=C1c1ccccc1. The fraction of sp³-hybridized carbons (Fsp3) is 0.0267. The van der Waals surface area contributed by atoms with Crippen molar-refractivity contribution < 1.29 is 4.42 Å². The highest BCUT2D eigenvalue weighted by molar-refractivity contribution is 6.26. The van der Waals surface area contributed by atoms with E-state index in [1.165, 1.54) is 27.5 Å². The second kappa shape index (κ2) is 19.0. The number of hydrogen-bond donors (Lipinski definition) is 0. The minimum atomic E-state index is -0.0252. The summed E-state index contributed by atoms with van der Waals surface area (Å²) >= 11 is 0. The Morgan fingerprint density at radius 1 is 0.370 bits per heavy atom. The molecule has 0 aliphatic heterocycles. The lowest BCUT2D eigenvalue weighted by atomic mass is 9.84. The van der Waals surface area contributed by atoms with Crippen molar-refractivity contribution in [3.63, 3.8) is 0 Å². The first-order chi connectivity index (χ1) is 40.2. The third kappa shape index (κ3) is 7.83. The number of benzene rings is 11. The predicted octanol–water partition coefficient (Wildman–Crippen LogP) is 19.4. The molecule has 4 aromatic heterocycles. The van der Waals surface area contributed by atoms with Crippen molar-refractivity contribution >= 4 is 71.1 Å². The van der Waals surface area contributed by atoms with Crippen molar-refractivity contribution in [3.05, 3.63) is 290 Å². The Labute approximate surface area is 467 Å². The van der Waals surface area contributed by atoms with Gasteiger partial charge in [-0.25, -0.2) is 15.0 Å².